The van der Waals surface area contributed by atoms with Crippen LogP contribution in [0.2, 0.25) is 0 Å². The van der Waals surface area contributed by atoms with Gasteiger partial charge in [0.05, 0.1) is 17.4 Å². The molecule has 0 saturated carbocycles. The van der Waals surface area contributed by atoms with Gasteiger partial charge in [0, 0.05) is 6.20 Å². The Morgan fingerprint density at radius 2 is 2.10 bits per heavy atom. The van der Waals surface area contributed by atoms with Gasteiger partial charge in [-0.25, -0.2) is 9.69 Å². The van der Waals surface area contributed by atoms with Crippen LogP contribution in [-0.2, 0) is 11.0 Å². The van der Waals surface area contributed by atoms with Crippen LogP contribution in [0.15, 0.2) is 18.5 Å². The second-order valence-corrected chi connectivity index (χ2v) is 4.35. The smallest absolute Gasteiger partial charge is 0.325 e. The molecule has 1 aliphatic heterocycles. The number of carbonyl (C=O) groups excluding carboxylic acids is 2. The van der Waals surface area contributed by atoms with Crippen LogP contribution in [0.3, 0.4) is 0 Å². The monoisotopic (exact) mass is 287 g/mol. The molecule has 1 atom stereocenters. The largest absolute Gasteiger partial charge is 0.418 e. The minimum absolute atomic E-state index is 0.378. The van der Waals surface area contributed by atoms with E-state index in [1.807, 2.05) is 6.92 Å². The Labute approximate surface area is 112 Å². The van der Waals surface area contributed by atoms with Crippen molar-refractivity contribution in [1.29, 1.82) is 0 Å². The summed E-state index contributed by atoms with van der Waals surface area (Å²) in [7, 11) is 0. The Morgan fingerprint density at radius 1 is 1.40 bits per heavy atom. The van der Waals surface area contributed by atoms with Crippen LogP contribution in [0.4, 0.5) is 23.7 Å². The molecule has 0 aliphatic carbocycles. The summed E-state index contributed by atoms with van der Waals surface area (Å²) < 4.78 is 38.7. The van der Waals surface area contributed by atoms with Crippen LogP contribution >= 0.6 is 0 Å². The first kappa shape index (κ1) is 14.3. The topological polar surface area (TPSA) is 62.3 Å². The second kappa shape index (κ2) is 5.10. The highest BCUT2D eigenvalue weighted by atomic mass is 19.4. The summed E-state index contributed by atoms with van der Waals surface area (Å²) >= 11 is 0. The normalized spacial score (nSPS) is 19.4. The molecule has 108 valence electrons. The number of pyridine rings is 1. The summed E-state index contributed by atoms with van der Waals surface area (Å²) in [6.45, 7) is 1.81. The lowest BCUT2D eigenvalue weighted by Crippen LogP contribution is -2.33. The van der Waals surface area contributed by atoms with E-state index in [2.05, 4.69) is 10.3 Å². The highest BCUT2D eigenvalue weighted by Gasteiger charge is 2.43. The van der Waals surface area contributed by atoms with Crippen LogP contribution in [0, 0.1) is 0 Å². The van der Waals surface area contributed by atoms with E-state index in [1.165, 1.54) is 0 Å². The number of hydrogen-bond donors (Lipinski definition) is 1. The number of anilines is 1. The van der Waals surface area contributed by atoms with E-state index in [4.69, 9.17) is 0 Å². The van der Waals surface area contributed by atoms with Gasteiger partial charge in [0.2, 0.25) is 0 Å². The number of halogens is 3. The number of aromatic nitrogens is 1. The third-order valence-electron chi connectivity index (χ3n) is 2.94. The number of urea groups is 1. The van der Waals surface area contributed by atoms with Crippen LogP contribution in [0.1, 0.15) is 25.3 Å². The Morgan fingerprint density at radius 3 is 2.70 bits per heavy atom. The summed E-state index contributed by atoms with van der Waals surface area (Å²) in [5.74, 6) is -0.685. The maximum Gasteiger partial charge on any atom is 0.418 e. The van der Waals surface area contributed by atoms with Crippen LogP contribution < -0.4 is 10.2 Å². The van der Waals surface area contributed by atoms with E-state index in [9.17, 15) is 22.8 Å². The zero-order valence-electron chi connectivity index (χ0n) is 10.6. The Kier molecular flexibility index (Phi) is 3.65. The van der Waals surface area contributed by atoms with Gasteiger partial charge in [0.1, 0.15) is 6.04 Å². The van der Waals surface area contributed by atoms with Crippen molar-refractivity contribution in [2.24, 2.45) is 0 Å². The first-order chi connectivity index (χ1) is 9.36. The summed E-state index contributed by atoms with van der Waals surface area (Å²) in [5, 5.41) is 2.37. The highest BCUT2D eigenvalue weighted by Crippen LogP contribution is 2.37. The second-order valence-electron chi connectivity index (χ2n) is 4.35. The zero-order valence-corrected chi connectivity index (χ0v) is 10.6. The van der Waals surface area contributed by atoms with E-state index in [0.717, 1.165) is 18.5 Å². The lowest BCUT2D eigenvalue weighted by molar-refractivity contribution is -0.137. The predicted molar refractivity (Wildman–Crippen MR) is 64.0 cm³/mol. The van der Waals surface area contributed by atoms with Crippen molar-refractivity contribution >= 4 is 17.6 Å². The number of rotatable bonds is 3. The molecule has 1 aromatic heterocycles. The molecule has 5 nitrogen and oxygen atoms in total. The minimum Gasteiger partial charge on any atom is -0.325 e. The SMILES string of the molecule is CCCC1NC(=O)N(c2cnccc2C(F)(F)F)C1=O. The average Bonchev–Trinajstić information content (AvgIpc) is 2.64. The van der Waals surface area contributed by atoms with Gasteiger partial charge in [0.25, 0.3) is 5.91 Å². The Balaban J connectivity index is 2.42. The number of imide groups is 1. The van der Waals surface area contributed by atoms with Crippen molar-refractivity contribution in [3.05, 3.63) is 24.0 Å². The van der Waals surface area contributed by atoms with Crippen molar-refractivity contribution < 1.29 is 22.8 Å². The first-order valence-corrected chi connectivity index (χ1v) is 6.02. The van der Waals surface area contributed by atoms with Gasteiger partial charge < -0.3 is 5.32 Å². The van der Waals surface area contributed by atoms with E-state index in [0.29, 0.717) is 17.7 Å². The highest BCUT2D eigenvalue weighted by molar-refractivity contribution is 6.21. The van der Waals surface area contributed by atoms with E-state index in [1.54, 1.807) is 0 Å². The Hall–Kier alpha value is -2.12. The molecule has 1 unspecified atom stereocenters. The number of carbonyl (C=O) groups is 2. The third kappa shape index (κ3) is 2.45. The molecule has 0 aromatic carbocycles. The molecular formula is C12H12F3N3O2. The van der Waals surface area contributed by atoms with Gasteiger partial charge in [-0.2, -0.15) is 13.2 Å². The number of alkyl halides is 3. The van der Waals surface area contributed by atoms with Crippen LogP contribution in [0.25, 0.3) is 0 Å². The molecule has 2 rings (SSSR count). The molecular weight excluding hydrogens is 275 g/mol. The number of hydrogen-bond acceptors (Lipinski definition) is 3. The molecule has 0 bridgehead atoms. The van der Waals surface area contributed by atoms with Crippen LogP contribution in [-0.4, -0.2) is 23.0 Å². The third-order valence-corrected chi connectivity index (χ3v) is 2.94. The van der Waals surface area contributed by atoms with Crippen molar-refractivity contribution in [2.75, 3.05) is 4.90 Å². The van der Waals surface area contributed by atoms with Crippen molar-refractivity contribution in [3.8, 4) is 0 Å². The molecule has 1 aromatic rings. The van der Waals surface area contributed by atoms with Crippen molar-refractivity contribution in [3.63, 3.8) is 0 Å². The fourth-order valence-electron chi connectivity index (χ4n) is 2.05. The van der Waals surface area contributed by atoms with E-state index >= 15 is 0 Å². The molecule has 1 aliphatic rings. The summed E-state index contributed by atoms with van der Waals surface area (Å²) in [4.78, 5) is 27.9. The van der Waals surface area contributed by atoms with Gasteiger partial charge in [-0.1, -0.05) is 13.3 Å². The molecule has 20 heavy (non-hydrogen) atoms. The summed E-state index contributed by atoms with van der Waals surface area (Å²) in [6, 6.07) is -0.899. The summed E-state index contributed by atoms with van der Waals surface area (Å²) in [6.07, 6.45) is -1.82. The van der Waals surface area contributed by atoms with Gasteiger partial charge in [-0.05, 0) is 12.5 Å². The van der Waals surface area contributed by atoms with E-state index < -0.39 is 35.4 Å². The maximum atomic E-state index is 12.9. The maximum absolute atomic E-state index is 12.9. The molecule has 3 amide bonds. The van der Waals surface area contributed by atoms with Gasteiger partial charge in [0.15, 0.2) is 0 Å². The number of nitrogens with zero attached hydrogens (tertiary/aromatic N) is 2. The molecule has 1 fully saturated rings. The minimum atomic E-state index is -4.67. The lowest BCUT2D eigenvalue weighted by atomic mass is 10.1. The fourth-order valence-corrected chi connectivity index (χ4v) is 2.05. The van der Waals surface area contributed by atoms with Crippen molar-refractivity contribution in [1.82, 2.24) is 10.3 Å². The van der Waals surface area contributed by atoms with Gasteiger partial charge >= 0.3 is 12.2 Å². The average molecular weight is 287 g/mol. The standard InChI is InChI=1S/C12H12F3N3O2/c1-2-3-8-10(19)18(11(20)17-8)9-6-16-5-4-7(9)12(13,14)15/h4-6,8H,2-3H2,1H3,(H,17,20). The fraction of sp³-hybridized carbons (Fsp3) is 0.417. The number of amides is 3. The zero-order chi connectivity index (χ0) is 14.9. The lowest BCUT2D eigenvalue weighted by Gasteiger charge is -2.18. The number of nitrogens with one attached hydrogen (secondary N) is 1. The summed E-state index contributed by atoms with van der Waals surface area (Å²) in [5.41, 5.74) is -1.60. The molecule has 0 spiro atoms. The predicted octanol–water partition coefficient (Wildman–Crippen LogP) is 2.33. The quantitative estimate of drug-likeness (QED) is 0.868. The van der Waals surface area contributed by atoms with Crippen molar-refractivity contribution in [2.45, 2.75) is 32.0 Å². The van der Waals surface area contributed by atoms with E-state index in [-0.39, 0.29) is 0 Å². The molecule has 8 heteroatoms. The first-order valence-electron chi connectivity index (χ1n) is 6.02. The van der Waals surface area contributed by atoms with Gasteiger partial charge in [-0.15, -0.1) is 0 Å². The molecule has 1 saturated heterocycles. The molecule has 0 radical (unpaired) electrons. The van der Waals surface area contributed by atoms with Crippen LogP contribution in [0.5, 0.6) is 0 Å². The molecule has 1 N–H and O–H groups in total. The van der Waals surface area contributed by atoms with Gasteiger partial charge in [-0.3, -0.25) is 9.78 Å². The Bertz CT molecular complexity index is 545. The molecule has 2 heterocycles.